The summed E-state index contributed by atoms with van der Waals surface area (Å²) in [5.41, 5.74) is 2.40. The van der Waals surface area contributed by atoms with Gasteiger partial charge in [0.2, 0.25) is 5.69 Å². The first-order chi connectivity index (χ1) is 10.7. The minimum absolute atomic E-state index is 0.396. The molecule has 114 valence electrons. The maximum absolute atomic E-state index is 9.37. The van der Waals surface area contributed by atoms with Gasteiger partial charge in [0, 0.05) is 26.2 Å². The molecule has 0 radical (unpaired) electrons. The van der Waals surface area contributed by atoms with Crippen LogP contribution in [0.25, 0.3) is 5.69 Å². The van der Waals surface area contributed by atoms with Crippen molar-refractivity contribution in [1.82, 2.24) is 19.9 Å². The van der Waals surface area contributed by atoms with Crippen LogP contribution < -0.4 is 4.90 Å². The van der Waals surface area contributed by atoms with Crippen molar-refractivity contribution in [3.05, 3.63) is 35.5 Å². The van der Waals surface area contributed by atoms with Crippen molar-refractivity contribution in [1.29, 1.82) is 5.26 Å². The van der Waals surface area contributed by atoms with Crippen LogP contribution >= 0.6 is 0 Å². The SMILES string of the molecule is CCN1CCN(c2nn(-c3ccccc3C)nc2C#N)CC1. The van der Waals surface area contributed by atoms with Crippen molar-refractivity contribution in [3.63, 3.8) is 0 Å². The third-order valence-corrected chi connectivity index (χ3v) is 4.15. The molecule has 6 heteroatoms. The molecule has 0 spiro atoms. The fraction of sp³-hybridized carbons (Fsp3) is 0.438. The van der Waals surface area contributed by atoms with Gasteiger partial charge in [0.15, 0.2) is 5.82 Å². The molecule has 1 aliphatic heterocycles. The van der Waals surface area contributed by atoms with E-state index in [2.05, 4.69) is 33.0 Å². The molecule has 22 heavy (non-hydrogen) atoms. The fourth-order valence-corrected chi connectivity index (χ4v) is 2.76. The molecule has 0 amide bonds. The zero-order valence-corrected chi connectivity index (χ0v) is 13.0. The number of aromatic nitrogens is 3. The van der Waals surface area contributed by atoms with E-state index in [0.29, 0.717) is 11.5 Å². The van der Waals surface area contributed by atoms with Crippen LogP contribution in [0.15, 0.2) is 24.3 Å². The molecule has 0 saturated carbocycles. The van der Waals surface area contributed by atoms with Crippen molar-refractivity contribution < 1.29 is 0 Å². The lowest BCUT2D eigenvalue weighted by molar-refractivity contribution is 0.270. The summed E-state index contributed by atoms with van der Waals surface area (Å²) in [5.74, 6) is 0.696. The summed E-state index contributed by atoms with van der Waals surface area (Å²) in [6.07, 6.45) is 0. The largest absolute Gasteiger partial charge is 0.350 e. The highest BCUT2D eigenvalue weighted by Gasteiger charge is 2.23. The lowest BCUT2D eigenvalue weighted by atomic mass is 10.2. The summed E-state index contributed by atoms with van der Waals surface area (Å²) in [5, 5.41) is 18.3. The summed E-state index contributed by atoms with van der Waals surface area (Å²) < 4.78 is 0. The molecule has 1 aromatic carbocycles. The summed E-state index contributed by atoms with van der Waals surface area (Å²) in [4.78, 5) is 6.14. The van der Waals surface area contributed by atoms with Gasteiger partial charge in [-0.1, -0.05) is 25.1 Å². The number of aryl methyl sites for hydroxylation is 1. The average molecular weight is 296 g/mol. The van der Waals surface area contributed by atoms with E-state index in [0.717, 1.165) is 44.0 Å². The van der Waals surface area contributed by atoms with Gasteiger partial charge >= 0.3 is 0 Å². The van der Waals surface area contributed by atoms with E-state index in [1.54, 1.807) is 4.80 Å². The second-order valence-electron chi connectivity index (χ2n) is 5.48. The Kier molecular flexibility index (Phi) is 4.07. The molecule has 2 aromatic rings. The monoisotopic (exact) mass is 296 g/mol. The Hall–Kier alpha value is -2.39. The number of piperazine rings is 1. The second-order valence-corrected chi connectivity index (χ2v) is 5.48. The number of nitriles is 1. The van der Waals surface area contributed by atoms with Gasteiger partial charge < -0.3 is 9.80 Å². The first-order valence-electron chi connectivity index (χ1n) is 7.63. The predicted octanol–water partition coefficient (Wildman–Crippen LogP) is 1.59. The van der Waals surface area contributed by atoms with Gasteiger partial charge in [0.25, 0.3) is 0 Å². The minimum atomic E-state index is 0.396. The molecule has 0 aliphatic carbocycles. The van der Waals surface area contributed by atoms with Gasteiger partial charge in [-0.3, -0.25) is 0 Å². The van der Waals surface area contributed by atoms with Gasteiger partial charge in [-0.2, -0.15) is 5.26 Å². The topological polar surface area (TPSA) is 61.0 Å². The lowest BCUT2D eigenvalue weighted by Crippen LogP contribution is -2.46. The molecule has 0 atom stereocenters. The van der Waals surface area contributed by atoms with Gasteiger partial charge in [0.05, 0.1) is 5.69 Å². The van der Waals surface area contributed by atoms with E-state index in [1.807, 2.05) is 31.2 Å². The number of nitrogens with zero attached hydrogens (tertiary/aromatic N) is 6. The zero-order chi connectivity index (χ0) is 15.5. The van der Waals surface area contributed by atoms with Crippen LogP contribution in [-0.2, 0) is 0 Å². The number of likely N-dealkylation sites (N-methyl/N-ethyl adjacent to an activating group) is 1. The quantitative estimate of drug-likeness (QED) is 0.861. The molecule has 0 bridgehead atoms. The molecule has 6 nitrogen and oxygen atoms in total. The second kappa shape index (κ2) is 6.16. The Morgan fingerprint density at radius 1 is 1.14 bits per heavy atom. The zero-order valence-electron chi connectivity index (χ0n) is 13.0. The van der Waals surface area contributed by atoms with E-state index in [1.165, 1.54) is 0 Å². The fourth-order valence-electron chi connectivity index (χ4n) is 2.76. The van der Waals surface area contributed by atoms with Gasteiger partial charge in [-0.05, 0) is 25.1 Å². The van der Waals surface area contributed by atoms with Crippen molar-refractivity contribution in [2.45, 2.75) is 13.8 Å². The van der Waals surface area contributed by atoms with Gasteiger partial charge in [-0.25, -0.2) is 0 Å². The van der Waals surface area contributed by atoms with Crippen molar-refractivity contribution in [2.75, 3.05) is 37.6 Å². The Morgan fingerprint density at radius 3 is 2.50 bits per heavy atom. The van der Waals surface area contributed by atoms with Crippen LogP contribution in [0.5, 0.6) is 0 Å². The van der Waals surface area contributed by atoms with E-state index >= 15 is 0 Å². The van der Waals surface area contributed by atoms with Crippen molar-refractivity contribution >= 4 is 5.82 Å². The van der Waals surface area contributed by atoms with Crippen molar-refractivity contribution in [3.8, 4) is 11.8 Å². The van der Waals surface area contributed by atoms with Crippen LogP contribution in [0.2, 0.25) is 0 Å². The van der Waals surface area contributed by atoms with E-state index in [9.17, 15) is 5.26 Å². The summed E-state index contributed by atoms with van der Waals surface area (Å²) >= 11 is 0. The van der Waals surface area contributed by atoms with E-state index < -0.39 is 0 Å². The molecule has 0 unspecified atom stereocenters. The number of hydrogen-bond acceptors (Lipinski definition) is 5. The normalized spacial score (nSPS) is 15.8. The molecule has 2 heterocycles. The number of para-hydroxylation sites is 1. The molecule has 1 aliphatic rings. The van der Waals surface area contributed by atoms with Crippen LogP contribution in [0.1, 0.15) is 18.2 Å². The molecule has 1 fully saturated rings. The highest BCUT2D eigenvalue weighted by molar-refractivity contribution is 5.51. The Balaban J connectivity index is 1.90. The Labute approximate surface area is 130 Å². The minimum Gasteiger partial charge on any atom is -0.350 e. The maximum Gasteiger partial charge on any atom is 0.207 e. The summed E-state index contributed by atoms with van der Waals surface area (Å²) in [6, 6.07) is 10.1. The van der Waals surface area contributed by atoms with E-state index in [-0.39, 0.29) is 0 Å². The molecule has 1 saturated heterocycles. The third-order valence-electron chi connectivity index (χ3n) is 4.15. The van der Waals surface area contributed by atoms with E-state index in [4.69, 9.17) is 0 Å². The molecule has 0 N–H and O–H groups in total. The first-order valence-corrected chi connectivity index (χ1v) is 7.63. The van der Waals surface area contributed by atoms with Crippen molar-refractivity contribution in [2.24, 2.45) is 0 Å². The number of anilines is 1. The number of hydrogen-bond donors (Lipinski definition) is 0. The highest BCUT2D eigenvalue weighted by atomic mass is 15.5. The lowest BCUT2D eigenvalue weighted by Gasteiger charge is -2.33. The standard InChI is InChI=1S/C16H20N6/c1-3-20-8-10-21(11-9-20)16-14(12-17)18-22(19-16)15-7-5-4-6-13(15)2/h4-7H,3,8-11H2,1-2H3. The Morgan fingerprint density at radius 2 is 1.86 bits per heavy atom. The van der Waals surface area contributed by atoms with Gasteiger partial charge in [0.1, 0.15) is 6.07 Å². The van der Waals surface area contributed by atoms with Crippen LogP contribution in [-0.4, -0.2) is 52.6 Å². The summed E-state index contributed by atoms with van der Waals surface area (Å²) in [6.45, 7) is 9.02. The summed E-state index contributed by atoms with van der Waals surface area (Å²) in [7, 11) is 0. The van der Waals surface area contributed by atoms with Gasteiger partial charge in [-0.15, -0.1) is 15.0 Å². The van der Waals surface area contributed by atoms with Crippen LogP contribution in [0.4, 0.5) is 5.82 Å². The van der Waals surface area contributed by atoms with Crippen LogP contribution in [0.3, 0.4) is 0 Å². The smallest absolute Gasteiger partial charge is 0.207 e. The molecule has 3 rings (SSSR count). The Bertz CT molecular complexity index is 691. The average Bonchev–Trinajstić information content (AvgIpc) is 2.99. The number of rotatable bonds is 3. The number of benzene rings is 1. The molecular weight excluding hydrogens is 276 g/mol. The maximum atomic E-state index is 9.37. The molecular formula is C16H20N6. The first kappa shape index (κ1) is 14.5. The molecule has 1 aromatic heterocycles. The highest BCUT2D eigenvalue weighted by Crippen LogP contribution is 2.20. The van der Waals surface area contributed by atoms with Crippen LogP contribution in [0, 0.1) is 18.3 Å². The third kappa shape index (κ3) is 2.68. The predicted molar refractivity (Wildman–Crippen MR) is 85.1 cm³/mol.